The lowest BCUT2D eigenvalue weighted by atomic mass is 10.4. The van der Waals surface area contributed by atoms with E-state index in [1.165, 1.54) is 6.33 Å². The van der Waals surface area contributed by atoms with Crippen LogP contribution in [0.15, 0.2) is 31.2 Å². The van der Waals surface area contributed by atoms with Gasteiger partial charge in [0.15, 0.2) is 5.82 Å². The summed E-state index contributed by atoms with van der Waals surface area (Å²) in [5, 5.41) is 8.46. The van der Waals surface area contributed by atoms with E-state index in [1.807, 2.05) is 10.8 Å². The molecule has 2 rings (SSSR count). The van der Waals surface area contributed by atoms with Gasteiger partial charge in [-0.15, -0.1) is 0 Å². The second-order valence-corrected chi connectivity index (χ2v) is 2.54. The van der Waals surface area contributed by atoms with Gasteiger partial charge in [-0.2, -0.15) is 0 Å². The summed E-state index contributed by atoms with van der Waals surface area (Å²) < 4.78 is 1.81. The Balaban J connectivity index is 2.33. The van der Waals surface area contributed by atoms with Gasteiger partial charge in [-0.3, -0.25) is 0 Å². The zero-order valence-corrected chi connectivity index (χ0v) is 6.83. The number of hydrogen-bond donors (Lipinski definition) is 1. The minimum atomic E-state index is 0.576. The molecule has 0 saturated carbocycles. The van der Waals surface area contributed by atoms with Crippen molar-refractivity contribution >= 4 is 0 Å². The number of rotatable bonds is 2. The standard InChI is InChI=1S/C8H8N4O/c13-3-1-2-12-4-7-8(11-6-12)10-5-9-7/h1,3-6,13H,2H2. The molecular weight excluding hydrogens is 168 g/mol. The van der Waals surface area contributed by atoms with Crippen LogP contribution >= 0.6 is 0 Å². The largest absolute Gasteiger partial charge is 0.516 e. The number of imidazole rings is 1. The van der Waals surface area contributed by atoms with Crippen molar-refractivity contribution in [3.8, 4) is 11.5 Å². The van der Waals surface area contributed by atoms with Crippen molar-refractivity contribution in [2.45, 2.75) is 6.54 Å². The van der Waals surface area contributed by atoms with E-state index in [4.69, 9.17) is 5.11 Å². The van der Waals surface area contributed by atoms with Gasteiger partial charge in [0, 0.05) is 12.7 Å². The molecule has 5 heteroatoms. The summed E-state index contributed by atoms with van der Waals surface area (Å²) in [6.07, 6.45) is 7.58. The normalized spacial score (nSPS) is 11.4. The lowest BCUT2D eigenvalue weighted by molar-refractivity contribution is 0.469. The highest BCUT2D eigenvalue weighted by Gasteiger charge is 2.05. The predicted octanol–water partition coefficient (Wildman–Crippen LogP) is 0.850. The fourth-order valence-electron chi connectivity index (χ4n) is 1.05. The molecule has 66 valence electrons. The third-order valence-corrected chi connectivity index (χ3v) is 1.64. The van der Waals surface area contributed by atoms with E-state index in [1.54, 1.807) is 12.4 Å². The van der Waals surface area contributed by atoms with Gasteiger partial charge in [0.1, 0.15) is 12.0 Å². The Morgan fingerprint density at radius 3 is 3.15 bits per heavy atom. The molecule has 5 nitrogen and oxygen atoms in total. The van der Waals surface area contributed by atoms with Crippen LogP contribution in [0, 0.1) is 0 Å². The van der Waals surface area contributed by atoms with Gasteiger partial charge in [0.05, 0.1) is 12.6 Å². The minimum absolute atomic E-state index is 0.576. The van der Waals surface area contributed by atoms with Gasteiger partial charge in [-0.25, -0.2) is 15.0 Å². The third kappa shape index (κ3) is 1.48. The van der Waals surface area contributed by atoms with Gasteiger partial charge >= 0.3 is 0 Å². The van der Waals surface area contributed by atoms with Crippen LogP contribution in [0.5, 0.6) is 0 Å². The molecule has 2 aliphatic rings. The number of aliphatic hydroxyl groups excluding tert-OH is 1. The number of nitrogens with zero attached hydrogens (tertiary/aromatic N) is 4. The molecule has 0 aliphatic carbocycles. The lowest BCUT2D eigenvalue weighted by Gasteiger charge is -2.02. The highest BCUT2D eigenvalue weighted by Crippen LogP contribution is 2.11. The van der Waals surface area contributed by atoms with Crippen molar-refractivity contribution in [2.75, 3.05) is 0 Å². The van der Waals surface area contributed by atoms with Crippen LogP contribution in [0.4, 0.5) is 0 Å². The van der Waals surface area contributed by atoms with E-state index in [0.29, 0.717) is 12.4 Å². The summed E-state index contributed by atoms with van der Waals surface area (Å²) in [6.45, 7) is 0.576. The second-order valence-electron chi connectivity index (χ2n) is 2.54. The zero-order valence-electron chi connectivity index (χ0n) is 6.83. The van der Waals surface area contributed by atoms with Gasteiger partial charge in [0.25, 0.3) is 0 Å². The number of aromatic nitrogens is 4. The highest BCUT2D eigenvalue weighted by molar-refractivity contribution is 5.47. The molecule has 0 spiro atoms. The van der Waals surface area contributed by atoms with Crippen LogP contribution in [0.2, 0.25) is 0 Å². The Morgan fingerprint density at radius 2 is 2.31 bits per heavy atom. The maximum Gasteiger partial charge on any atom is 0.182 e. The van der Waals surface area contributed by atoms with E-state index < -0.39 is 0 Å². The maximum atomic E-state index is 8.46. The van der Waals surface area contributed by atoms with Gasteiger partial charge in [-0.1, -0.05) is 0 Å². The van der Waals surface area contributed by atoms with Gasteiger partial charge in [-0.05, 0) is 6.08 Å². The van der Waals surface area contributed by atoms with Crippen molar-refractivity contribution in [1.82, 2.24) is 19.5 Å². The quantitative estimate of drug-likeness (QED) is 0.689. The monoisotopic (exact) mass is 176 g/mol. The van der Waals surface area contributed by atoms with E-state index in [9.17, 15) is 0 Å². The van der Waals surface area contributed by atoms with Crippen molar-refractivity contribution in [1.29, 1.82) is 0 Å². The maximum absolute atomic E-state index is 8.46. The van der Waals surface area contributed by atoms with Crippen LogP contribution < -0.4 is 0 Å². The molecule has 0 bridgehead atoms. The summed E-state index contributed by atoms with van der Waals surface area (Å²) in [5.41, 5.74) is 0.758. The molecule has 13 heavy (non-hydrogen) atoms. The van der Waals surface area contributed by atoms with Crippen molar-refractivity contribution < 1.29 is 5.11 Å². The fraction of sp³-hybridized carbons (Fsp3) is 0.125. The molecule has 0 fully saturated rings. The average Bonchev–Trinajstić information content (AvgIpc) is 2.61. The molecule has 0 aromatic rings. The predicted molar refractivity (Wildman–Crippen MR) is 46.2 cm³/mol. The Hall–Kier alpha value is -1.91. The van der Waals surface area contributed by atoms with E-state index in [2.05, 4.69) is 15.0 Å². The van der Waals surface area contributed by atoms with Crippen LogP contribution in [0.25, 0.3) is 11.5 Å². The minimum Gasteiger partial charge on any atom is -0.516 e. The summed E-state index contributed by atoms with van der Waals surface area (Å²) in [5.74, 6) is 0.643. The molecule has 0 aromatic carbocycles. The van der Waals surface area contributed by atoms with Crippen LogP contribution in [0.3, 0.4) is 0 Å². The molecule has 0 radical (unpaired) electrons. The first-order valence-corrected chi connectivity index (χ1v) is 3.82. The molecule has 0 unspecified atom stereocenters. The molecule has 0 saturated heterocycles. The fourth-order valence-corrected chi connectivity index (χ4v) is 1.05. The first kappa shape index (κ1) is 7.72. The number of aliphatic hydroxyl groups is 1. The van der Waals surface area contributed by atoms with Crippen molar-refractivity contribution in [2.24, 2.45) is 0 Å². The van der Waals surface area contributed by atoms with Crippen molar-refractivity contribution in [3.05, 3.63) is 31.2 Å². The van der Waals surface area contributed by atoms with Crippen molar-refractivity contribution in [3.63, 3.8) is 0 Å². The Labute approximate surface area is 74.7 Å². The lowest BCUT2D eigenvalue weighted by Crippen LogP contribution is -1.99. The summed E-state index contributed by atoms with van der Waals surface area (Å²) in [7, 11) is 0. The SMILES string of the molecule is OC=CCn1cnc2ncnc-2c1. The topological polar surface area (TPSA) is 63.8 Å². The van der Waals surface area contributed by atoms with Crippen LogP contribution in [-0.4, -0.2) is 24.6 Å². The van der Waals surface area contributed by atoms with E-state index in [0.717, 1.165) is 12.0 Å². The zero-order chi connectivity index (χ0) is 9.10. The molecule has 2 heterocycles. The molecule has 0 atom stereocenters. The summed E-state index contributed by atoms with van der Waals surface area (Å²) >= 11 is 0. The van der Waals surface area contributed by atoms with E-state index in [-0.39, 0.29) is 0 Å². The Morgan fingerprint density at radius 1 is 1.38 bits per heavy atom. The molecular formula is C8H8N4O. The molecule has 2 aliphatic heterocycles. The number of allylic oxidation sites excluding steroid dienone is 1. The van der Waals surface area contributed by atoms with Gasteiger partial charge < -0.3 is 9.67 Å². The number of hydrogen-bond acceptors (Lipinski definition) is 4. The van der Waals surface area contributed by atoms with E-state index >= 15 is 0 Å². The Kier molecular flexibility index (Phi) is 1.91. The molecule has 0 amide bonds. The second kappa shape index (κ2) is 3.22. The molecule has 1 N–H and O–H groups in total. The average molecular weight is 176 g/mol. The van der Waals surface area contributed by atoms with Crippen LogP contribution in [0.1, 0.15) is 0 Å². The smallest absolute Gasteiger partial charge is 0.182 e. The van der Waals surface area contributed by atoms with Gasteiger partial charge in [0.2, 0.25) is 0 Å². The summed E-state index contributed by atoms with van der Waals surface area (Å²) in [6, 6.07) is 0. The molecule has 0 aromatic heterocycles. The third-order valence-electron chi connectivity index (χ3n) is 1.64. The Bertz CT molecular complexity index is 395. The first-order valence-electron chi connectivity index (χ1n) is 3.82. The highest BCUT2D eigenvalue weighted by atomic mass is 16.2. The summed E-state index contributed by atoms with van der Waals surface area (Å²) in [4.78, 5) is 12.0. The van der Waals surface area contributed by atoms with Crippen LogP contribution in [-0.2, 0) is 6.54 Å². The number of fused-ring (bicyclic) bond motifs is 1. The first-order chi connectivity index (χ1) is 6.40.